The van der Waals surface area contributed by atoms with Crippen LogP contribution in [0.1, 0.15) is 5.56 Å². The molecule has 3 aromatic carbocycles. The molecule has 0 aliphatic heterocycles. The average molecular weight is 274 g/mol. The summed E-state index contributed by atoms with van der Waals surface area (Å²) >= 11 is 0. The Kier molecular flexibility index (Phi) is 2.48. The fraction of sp³-hybridized carbons (Fsp3) is 0.0556. The summed E-state index contributed by atoms with van der Waals surface area (Å²) in [6.07, 6.45) is 0. The number of aromatic amines is 1. The van der Waals surface area contributed by atoms with Crippen molar-refractivity contribution in [3.63, 3.8) is 0 Å². The topological polar surface area (TPSA) is 48.9 Å². The Balaban J connectivity index is 2.05. The van der Waals surface area contributed by atoms with Crippen molar-refractivity contribution in [2.45, 2.75) is 6.92 Å². The SMILES string of the molecule is Cc1ccc2nc(-c3c(O)ccc4ccccc34)[nH]c2c1. The summed E-state index contributed by atoms with van der Waals surface area (Å²) in [5.41, 5.74) is 3.82. The second kappa shape index (κ2) is 4.35. The van der Waals surface area contributed by atoms with Crippen molar-refractivity contribution in [3.8, 4) is 17.1 Å². The highest BCUT2D eigenvalue weighted by atomic mass is 16.3. The maximum absolute atomic E-state index is 10.3. The average Bonchev–Trinajstić information content (AvgIpc) is 2.89. The molecule has 21 heavy (non-hydrogen) atoms. The summed E-state index contributed by atoms with van der Waals surface area (Å²) in [5, 5.41) is 12.4. The molecule has 0 fully saturated rings. The van der Waals surface area contributed by atoms with E-state index < -0.39 is 0 Å². The number of aromatic nitrogens is 2. The number of nitrogens with one attached hydrogen (secondary N) is 1. The Bertz CT molecular complexity index is 969. The van der Waals surface area contributed by atoms with Gasteiger partial charge < -0.3 is 10.1 Å². The van der Waals surface area contributed by atoms with E-state index in [1.54, 1.807) is 6.07 Å². The smallest absolute Gasteiger partial charge is 0.142 e. The molecule has 0 aliphatic rings. The summed E-state index contributed by atoms with van der Waals surface area (Å²) in [4.78, 5) is 7.93. The van der Waals surface area contributed by atoms with Crippen molar-refractivity contribution >= 4 is 21.8 Å². The molecule has 3 nitrogen and oxygen atoms in total. The number of aryl methyl sites for hydroxylation is 1. The number of hydrogen-bond acceptors (Lipinski definition) is 2. The second-order valence-electron chi connectivity index (χ2n) is 5.29. The van der Waals surface area contributed by atoms with E-state index in [1.807, 2.05) is 42.5 Å². The van der Waals surface area contributed by atoms with Gasteiger partial charge in [0.1, 0.15) is 11.6 Å². The van der Waals surface area contributed by atoms with Crippen LogP contribution in [-0.4, -0.2) is 15.1 Å². The molecule has 0 amide bonds. The Morgan fingerprint density at radius 2 is 1.86 bits per heavy atom. The van der Waals surface area contributed by atoms with Crippen LogP contribution in [0.3, 0.4) is 0 Å². The summed E-state index contributed by atoms with van der Waals surface area (Å²) < 4.78 is 0. The number of H-pyrrole nitrogens is 1. The monoisotopic (exact) mass is 274 g/mol. The number of rotatable bonds is 1. The van der Waals surface area contributed by atoms with Crippen LogP contribution in [0.15, 0.2) is 54.6 Å². The molecule has 102 valence electrons. The van der Waals surface area contributed by atoms with Gasteiger partial charge in [-0.2, -0.15) is 0 Å². The first-order valence-electron chi connectivity index (χ1n) is 6.90. The number of phenols is 1. The Morgan fingerprint density at radius 1 is 1.00 bits per heavy atom. The zero-order valence-corrected chi connectivity index (χ0v) is 11.6. The van der Waals surface area contributed by atoms with E-state index in [0.717, 1.165) is 27.4 Å². The number of hydrogen-bond donors (Lipinski definition) is 2. The zero-order valence-electron chi connectivity index (χ0n) is 11.6. The Labute approximate surface area is 121 Å². The molecule has 3 heteroatoms. The van der Waals surface area contributed by atoms with Gasteiger partial charge in [-0.15, -0.1) is 0 Å². The molecule has 0 atom stereocenters. The van der Waals surface area contributed by atoms with E-state index >= 15 is 0 Å². The predicted octanol–water partition coefficient (Wildman–Crippen LogP) is 4.40. The van der Waals surface area contributed by atoms with Gasteiger partial charge in [-0.25, -0.2) is 4.98 Å². The minimum Gasteiger partial charge on any atom is -0.507 e. The first-order chi connectivity index (χ1) is 10.2. The van der Waals surface area contributed by atoms with Crippen LogP contribution in [0.5, 0.6) is 5.75 Å². The Hall–Kier alpha value is -2.81. The number of fused-ring (bicyclic) bond motifs is 2. The first-order valence-corrected chi connectivity index (χ1v) is 6.90. The van der Waals surface area contributed by atoms with Gasteiger partial charge in [0.15, 0.2) is 0 Å². The lowest BCUT2D eigenvalue weighted by Gasteiger charge is -2.06. The summed E-state index contributed by atoms with van der Waals surface area (Å²) in [7, 11) is 0. The molecule has 0 spiro atoms. The van der Waals surface area contributed by atoms with Crippen LogP contribution in [0.4, 0.5) is 0 Å². The third-order valence-electron chi connectivity index (χ3n) is 3.78. The molecule has 1 heterocycles. The number of phenolic OH excluding ortho intramolecular Hbond substituents is 1. The van der Waals surface area contributed by atoms with Crippen LogP contribution >= 0.6 is 0 Å². The number of aromatic hydroxyl groups is 1. The zero-order chi connectivity index (χ0) is 14.4. The molecule has 0 saturated carbocycles. The number of benzene rings is 3. The van der Waals surface area contributed by atoms with Gasteiger partial charge in [-0.3, -0.25) is 0 Å². The van der Waals surface area contributed by atoms with E-state index in [2.05, 4.69) is 23.0 Å². The molecule has 2 N–H and O–H groups in total. The van der Waals surface area contributed by atoms with Gasteiger partial charge in [-0.05, 0) is 41.5 Å². The molecule has 0 aliphatic carbocycles. The summed E-state index contributed by atoms with van der Waals surface area (Å²) in [6.45, 7) is 2.05. The van der Waals surface area contributed by atoms with E-state index in [1.165, 1.54) is 5.56 Å². The van der Waals surface area contributed by atoms with Crippen molar-refractivity contribution in [3.05, 3.63) is 60.2 Å². The van der Waals surface area contributed by atoms with Crippen LogP contribution in [0.25, 0.3) is 33.2 Å². The lowest BCUT2D eigenvalue weighted by Crippen LogP contribution is -1.84. The van der Waals surface area contributed by atoms with Crippen LogP contribution in [0.2, 0.25) is 0 Å². The fourth-order valence-corrected chi connectivity index (χ4v) is 2.75. The quantitative estimate of drug-likeness (QED) is 0.540. The minimum absolute atomic E-state index is 0.240. The van der Waals surface area contributed by atoms with Gasteiger partial charge in [0.25, 0.3) is 0 Å². The molecule has 4 aromatic rings. The van der Waals surface area contributed by atoms with Gasteiger partial charge >= 0.3 is 0 Å². The third kappa shape index (κ3) is 1.86. The van der Waals surface area contributed by atoms with Crippen molar-refractivity contribution in [1.29, 1.82) is 0 Å². The largest absolute Gasteiger partial charge is 0.507 e. The number of nitrogens with zero attached hydrogens (tertiary/aromatic N) is 1. The molecular weight excluding hydrogens is 260 g/mol. The maximum atomic E-state index is 10.3. The highest BCUT2D eigenvalue weighted by Crippen LogP contribution is 2.35. The van der Waals surface area contributed by atoms with Crippen LogP contribution in [0, 0.1) is 6.92 Å². The minimum atomic E-state index is 0.240. The predicted molar refractivity (Wildman–Crippen MR) is 85.4 cm³/mol. The molecule has 0 bridgehead atoms. The molecule has 0 unspecified atom stereocenters. The van der Waals surface area contributed by atoms with Gasteiger partial charge in [-0.1, -0.05) is 36.4 Å². The maximum Gasteiger partial charge on any atom is 0.142 e. The standard InChI is InChI=1S/C18H14N2O/c1-11-6-8-14-15(10-11)20-18(19-14)17-13-5-3-2-4-12(13)7-9-16(17)21/h2-10,21H,1H3,(H,19,20). The van der Waals surface area contributed by atoms with E-state index in [9.17, 15) is 5.11 Å². The molecule has 4 rings (SSSR count). The van der Waals surface area contributed by atoms with E-state index in [4.69, 9.17) is 0 Å². The van der Waals surface area contributed by atoms with Gasteiger partial charge in [0, 0.05) is 0 Å². The lowest BCUT2D eigenvalue weighted by molar-refractivity contribution is 0.477. The molecular formula is C18H14N2O. The normalized spacial score (nSPS) is 11.3. The molecule has 0 radical (unpaired) electrons. The van der Waals surface area contributed by atoms with Crippen LogP contribution < -0.4 is 0 Å². The highest BCUT2D eigenvalue weighted by Gasteiger charge is 2.13. The molecule has 0 saturated heterocycles. The highest BCUT2D eigenvalue weighted by molar-refractivity contribution is 5.99. The summed E-state index contributed by atoms with van der Waals surface area (Å²) in [5.74, 6) is 0.939. The Morgan fingerprint density at radius 3 is 2.76 bits per heavy atom. The van der Waals surface area contributed by atoms with Gasteiger partial charge in [0.05, 0.1) is 16.6 Å². The van der Waals surface area contributed by atoms with Crippen LogP contribution in [-0.2, 0) is 0 Å². The van der Waals surface area contributed by atoms with E-state index in [0.29, 0.717) is 5.82 Å². The third-order valence-corrected chi connectivity index (χ3v) is 3.78. The second-order valence-corrected chi connectivity index (χ2v) is 5.29. The van der Waals surface area contributed by atoms with E-state index in [-0.39, 0.29) is 5.75 Å². The van der Waals surface area contributed by atoms with Gasteiger partial charge in [0.2, 0.25) is 0 Å². The molecule has 1 aromatic heterocycles. The lowest BCUT2D eigenvalue weighted by atomic mass is 10.0. The number of imidazole rings is 1. The van der Waals surface area contributed by atoms with Crippen molar-refractivity contribution in [1.82, 2.24) is 9.97 Å². The van der Waals surface area contributed by atoms with Crippen molar-refractivity contribution in [2.75, 3.05) is 0 Å². The summed E-state index contributed by atoms with van der Waals surface area (Å²) in [6, 6.07) is 17.7. The fourth-order valence-electron chi connectivity index (χ4n) is 2.75. The first kappa shape index (κ1) is 12.0. The van der Waals surface area contributed by atoms with Crippen molar-refractivity contribution in [2.24, 2.45) is 0 Å². The van der Waals surface area contributed by atoms with Crippen molar-refractivity contribution < 1.29 is 5.11 Å².